The van der Waals surface area contributed by atoms with E-state index in [1.807, 2.05) is 36.9 Å². The van der Waals surface area contributed by atoms with Gasteiger partial charge in [0.25, 0.3) is 0 Å². The number of hydrogen-bond acceptors (Lipinski definition) is 2. The standard InChI is InChI=1S/C12H16N2O/c1-3-8-4-5-10-11(12(8)15)9(6-13)7-14(10)2/h4-5,7,15H,3,6,13H2,1-2H3. The third-order valence-electron chi connectivity index (χ3n) is 2.89. The maximum Gasteiger partial charge on any atom is 0.128 e. The third kappa shape index (κ3) is 1.39. The first kappa shape index (κ1) is 10.1. The van der Waals surface area contributed by atoms with Gasteiger partial charge in [-0.05, 0) is 23.6 Å². The quantitative estimate of drug-likeness (QED) is 0.785. The predicted octanol–water partition coefficient (Wildman–Crippen LogP) is 1.90. The molecule has 80 valence electrons. The average Bonchev–Trinajstić information content (AvgIpc) is 2.57. The number of phenolic OH excluding ortho intramolecular Hbond substituents is 1. The van der Waals surface area contributed by atoms with Gasteiger partial charge in [-0.2, -0.15) is 0 Å². The summed E-state index contributed by atoms with van der Waals surface area (Å²) in [5, 5.41) is 11.0. The minimum Gasteiger partial charge on any atom is -0.507 e. The van der Waals surface area contributed by atoms with Gasteiger partial charge in [-0.3, -0.25) is 0 Å². The molecule has 1 aromatic carbocycles. The van der Waals surface area contributed by atoms with E-state index < -0.39 is 0 Å². The number of aromatic hydroxyl groups is 1. The molecule has 0 bridgehead atoms. The van der Waals surface area contributed by atoms with Crippen LogP contribution in [0.15, 0.2) is 18.3 Å². The monoisotopic (exact) mass is 204 g/mol. The Morgan fingerprint density at radius 1 is 1.33 bits per heavy atom. The Bertz CT molecular complexity index is 500. The first-order chi connectivity index (χ1) is 7.19. The van der Waals surface area contributed by atoms with E-state index in [2.05, 4.69) is 0 Å². The van der Waals surface area contributed by atoms with E-state index in [9.17, 15) is 5.11 Å². The van der Waals surface area contributed by atoms with Gasteiger partial charge in [0.15, 0.2) is 0 Å². The zero-order valence-corrected chi connectivity index (χ0v) is 9.12. The van der Waals surface area contributed by atoms with Crippen molar-refractivity contribution in [1.82, 2.24) is 4.57 Å². The maximum absolute atomic E-state index is 10.1. The molecule has 0 fully saturated rings. The number of fused-ring (bicyclic) bond motifs is 1. The molecule has 0 spiro atoms. The van der Waals surface area contributed by atoms with Crippen molar-refractivity contribution in [2.75, 3.05) is 0 Å². The largest absolute Gasteiger partial charge is 0.507 e. The van der Waals surface area contributed by atoms with Crippen molar-refractivity contribution >= 4 is 10.9 Å². The van der Waals surface area contributed by atoms with Crippen LogP contribution in [0.5, 0.6) is 5.75 Å². The Morgan fingerprint density at radius 3 is 2.67 bits per heavy atom. The Hall–Kier alpha value is -1.48. The number of nitrogens with two attached hydrogens (primary N) is 1. The van der Waals surface area contributed by atoms with Gasteiger partial charge in [-0.25, -0.2) is 0 Å². The van der Waals surface area contributed by atoms with Gasteiger partial charge in [-0.1, -0.05) is 13.0 Å². The number of phenols is 1. The van der Waals surface area contributed by atoms with Crippen molar-refractivity contribution in [1.29, 1.82) is 0 Å². The van der Waals surface area contributed by atoms with Crippen LogP contribution >= 0.6 is 0 Å². The van der Waals surface area contributed by atoms with Gasteiger partial charge in [0, 0.05) is 25.2 Å². The summed E-state index contributed by atoms with van der Waals surface area (Å²) in [7, 11) is 1.96. The molecule has 0 aliphatic carbocycles. The van der Waals surface area contributed by atoms with E-state index in [1.165, 1.54) is 0 Å². The van der Waals surface area contributed by atoms with Crippen LogP contribution in [0.4, 0.5) is 0 Å². The lowest BCUT2D eigenvalue weighted by Gasteiger charge is -2.05. The summed E-state index contributed by atoms with van der Waals surface area (Å²) < 4.78 is 2.00. The Morgan fingerprint density at radius 2 is 2.07 bits per heavy atom. The molecule has 0 radical (unpaired) electrons. The zero-order chi connectivity index (χ0) is 11.0. The highest BCUT2D eigenvalue weighted by atomic mass is 16.3. The molecule has 0 aliphatic rings. The molecule has 0 amide bonds. The molecule has 0 aliphatic heterocycles. The summed E-state index contributed by atoms with van der Waals surface area (Å²) >= 11 is 0. The second-order valence-corrected chi connectivity index (χ2v) is 3.79. The highest BCUT2D eigenvalue weighted by molar-refractivity contribution is 5.90. The lowest BCUT2D eigenvalue weighted by atomic mass is 10.1. The molecule has 15 heavy (non-hydrogen) atoms. The summed E-state index contributed by atoms with van der Waals surface area (Å²) in [5.41, 5.74) is 8.67. The van der Waals surface area contributed by atoms with Gasteiger partial charge >= 0.3 is 0 Å². The van der Waals surface area contributed by atoms with Crippen molar-refractivity contribution in [3.63, 3.8) is 0 Å². The summed E-state index contributed by atoms with van der Waals surface area (Å²) in [6.07, 6.45) is 2.81. The minimum atomic E-state index is 0.385. The summed E-state index contributed by atoms with van der Waals surface area (Å²) in [6, 6.07) is 4.00. The molecule has 2 rings (SSSR count). The van der Waals surface area contributed by atoms with Gasteiger partial charge in [-0.15, -0.1) is 0 Å². The Labute approximate surface area is 89.1 Å². The second-order valence-electron chi connectivity index (χ2n) is 3.79. The van der Waals surface area contributed by atoms with Crippen LogP contribution in [0.2, 0.25) is 0 Å². The van der Waals surface area contributed by atoms with Crippen LogP contribution in [0.1, 0.15) is 18.1 Å². The summed E-state index contributed by atoms with van der Waals surface area (Å²) in [5.74, 6) is 0.385. The predicted molar refractivity (Wildman–Crippen MR) is 61.9 cm³/mol. The third-order valence-corrected chi connectivity index (χ3v) is 2.89. The molecule has 0 atom stereocenters. The van der Waals surface area contributed by atoms with Crippen LogP contribution in [0, 0.1) is 0 Å². The molecule has 0 saturated carbocycles. The lowest BCUT2D eigenvalue weighted by Crippen LogP contribution is -1.95. The first-order valence-corrected chi connectivity index (χ1v) is 5.17. The minimum absolute atomic E-state index is 0.385. The molecule has 0 unspecified atom stereocenters. The van der Waals surface area contributed by atoms with Gasteiger partial charge in [0.2, 0.25) is 0 Å². The number of aryl methyl sites for hydroxylation is 2. The highest BCUT2D eigenvalue weighted by Crippen LogP contribution is 2.32. The zero-order valence-electron chi connectivity index (χ0n) is 9.12. The summed E-state index contributed by atoms with van der Waals surface area (Å²) in [6.45, 7) is 2.49. The van der Waals surface area contributed by atoms with E-state index in [-0.39, 0.29) is 0 Å². The van der Waals surface area contributed by atoms with E-state index >= 15 is 0 Å². The molecule has 1 heterocycles. The number of benzene rings is 1. The highest BCUT2D eigenvalue weighted by Gasteiger charge is 2.11. The van der Waals surface area contributed by atoms with Gasteiger partial charge < -0.3 is 15.4 Å². The molecule has 3 N–H and O–H groups in total. The fraction of sp³-hybridized carbons (Fsp3) is 0.333. The Balaban J connectivity index is 2.83. The average molecular weight is 204 g/mol. The van der Waals surface area contributed by atoms with Gasteiger partial charge in [0.05, 0.1) is 5.52 Å². The van der Waals surface area contributed by atoms with Crippen molar-refractivity contribution in [2.45, 2.75) is 19.9 Å². The normalized spacial score (nSPS) is 11.1. The summed E-state index contributed by atoms with van der Waals surface area (Å²) in [4.78, 5) is 0. The smallest absolute Gasteiger partial charge is 0.128 e. The fourth-order valence-electron chi connectivity index (χ4n) is 2.04. The molecular formula is C12H16N2O. The molecule has 3 nitrogen and oxygen atoms in total. The van der Waals surface area contributed by atoms with Crippen LogP contribution in [-0.2, 0) is 20.0 Å². The fourth-order valence-corrected chi connectivity index (χ4v) is 2.04. The molecule has 1 aromatic heterocycles. The lowest BCUT2D eigenvalue weighted by molar-refractivity contribution is 0.475. The van der Waals surface area contributed by atoms with E-state index in [0.717, 1.165) is 28.5 Å². The Kier molecular flexibility index (Phi) is 2.40. The molecular weight excluding hydrogens is 188 g/mol. The maximum atomic E-state index is 10.1. The number of nitrogens with zero attached hydrogens (tertiary/aromatic N) is 1. The SMILES string of the molecule is CCc1ccc2c(c(CN)cn2C)c1O. The van der Waals surface area contributed by atoms with E-state index in [0.29, 0.717) is 12.3 Å². The second kappa shape index (κ2) is 3.59. The van der Waals surface area contributed by atoms with Crippen molar-refractivity contribution in [2.24, 2.45) is 12.8 Å². The van der Waals surface area contributed by atoms with Crippen LogP contribution in [0.25, 0.3) is 10.9 Å². The topological polar surface area (TPSA) is 51.2 Å². The molecule has 3 heteroatoms. The molecule has 0 saturated heterocycles. The number of hydrogen-bond donors (Lipinski definition) is 2. The van der Waals surface area contributed by atoms with Crippen molar-refractivity contribution < 1.29 is 5.11 Å². The first-order valence-electron chi connectivity index (χ1n) is 5.17. The van der Waals surface area contributed by atoms with Gasteiger partial charge in [0.1, 0.15) is 5.75 Å². The number of aromatic nitrogens is 1. The van der Waals surface area contributed by atoms with Crippen molar-refractivity contribution in [3.8, 4) is 5.75 Å². The number of rotatable bonds is 2. The van der Waals surface area contributed by atoms with Crippen LogP contribution in [0.3, 0.4) is 0 Å². The van der Waals surface area contributed by atoms with E-state index in [1.54, 1.807) is 0 Å². The van der Waals surface area contributed by atoms with Crippen molar-refractivity contribution in [3.05, 3.63) is 29.5 Å². The van der Waals surface area contributed by atoms with Crippen LogP contribution in [-0.4, -0.2) is 9.67 Å². The van der Waals surface area contributed by atoms with Crippen LogP contribution < -0.4 is 5.73 Å². The molecule has 2 aromatic rings. The van der Waals surface area contributed by atoms with E-state index in [4.69, 9.17) is 5.73 Å².